The number of nitrogens with zero attached hydrogens (tertiary/aromatic N) is 1. The summed E-state index contributed by atoms with van der Waals surface area (Å²) in [5, 5.41) is 0. The molecule has 3 aromatic rings. The summed E-state index contributed by atoms with van der Waals surface area (Å²) in [6.07, 6.45) is 3.77. The Balaban J connectivity index is 2.22. The van der Waals surface area contributed by atoms with Crippen molar-refractivity contribution in [2.24, 2.45) is 7.05 Å². The molecule has 0 atom stereocenters. The van der Waals surface area contributed by atoms with Gasteiger partial charge in [-0.15, -0.1) is 0 Å². The maximum Gasteiger partial charge on any atom is 0.197 e. The average molecular weight is 354 g/mol. The minimum Gasteiger partial charge on any atom is -0.356 e. The Hall–Kier alpha value is -2.13. The Morgan fingerprint density at radius 2 is 1.55 bits per heavy atom. The average Bonchev–Trinajstić information content (AvgIpc) is 2.50. The summed E-state index contributed by atoms with van der Waals surface area (Å²) in [7, 11) is 1.95. The summed E-state index contributed by atoms with van der Waals surface area (Å²) < 4.78 is 2.94. The fraction of sp³-hybridized carbons (Fsp3) is 0.105. The fourth-order valence-electron chi connectivity index (χ4n) is 2.56. The molecule has 3 rings (SSSR count). The van der Waals surface area contributed by atoms with Crippen molar-refractivity contribution in [3.8, 4) is 22.3 Å². The van der Waals surface area contributed by atoms with Gasteiger partial charge in [0.15, 0.2) is 5.43 Å². The summed E-state index contributed by atoms with van der Waals surface area (Å²) in [6.45, 7) is 2.03. The van der Waals surface area contributed by atoms with Gasteiger partial charge in [-0.3, -0.25) is 4.79 Å². The van der Waals surface area contributed by atoms with Crippen LogP contribution in [0.15, 0.2) is 70.2 Å². The second kappa shape index (κ2) is 5.93. The van der Waals surface area contributed by atoms with Crippen LogP contribution in [0.1, 0.15) is 5.56 Å². The third-order valence-electron chi connectivity index (χ3n) is 3.64. The van der Waals surface area contributed by atoms with Crippen molar-refractivity contribution >= 4 is 15.9 Å². The van der Waals surface area contributed by atoms with Crippen molar-refractivity contribution in [3.05, 3.63) is 81.2 Å². The molecule has 110 valence electrons. The summed E-state index contributed by atoms with van der Waals surface area (Å²) >= 11 is 3.43. The van der Waals surface area contributed by atoms with E-state index in [9.17, 15) is 4.79 Å². The maximum absolute atomic E-state index is 12.9. The van der Waals surface area contributed by atoms with E-state index in [1.165, 1.54) is 0 Å². The van der Waals surface area contributed by atoms with Gasteiger partial charge >= 0.3 is 0 Å². The van der Waals surface area contributed by atoms with Gasteiger partial charge in [0.2, 0.25) is 0 Å². The molecule has 0 unspecified atom stereocenters. The van der Waals surface area contributed by atoms with Crippen molar-refractivity contribution < 1.29 is 0 Å². The number of halogens is 1. The lowest BCUT2D eigenvalue weighted by atomic mass is 10.00. The van der Waals surface area contributed by atoms with Crippen molar-refractivity contribution in [2.75, 3.05) is 0 Å². The van der Waals surface area contributed by atoms with E-state index < -0.39 is 0 Å². The van der Waals surface area contributed by atoms with Crippen LogP contribution in [0.3, 0.4) is 0 Å². The monoisotopic (exact) mass is 353 g/mol. The van der Waals surface area contributed by atoms with Crippen molar-refractivity contribution in [2.45, 2.75) is 6.92 Å². The van der Waals surface area contributed by atoms with Gasteiger partial charge in [-0.2, -0.15) is 0 Å². The van der Waals surface area contributed by atoms with Crippen molar-refractivity contribution in [1.29, 1.82) is 0 Å². The molecule has 0 aliphatic carbocycles. The number of hydrogen-bond acceptors (Lipinski definition) is 1. The first-order valence-electron chi connectivity index (χ1n) is 7.08. The quantitative estimate of drug-likeness (QED) is 0.649. The second-order valence-corrected chi connectivity index (χ2v) is 6.37. The maximum atomic E-state index is 12.9. The van der Waals surface area contributed by atoms with Crippen LogP contribution in [0, 0.1) is 6.92 Å². The zero-order valence-corrected chi connectivity index (χ0v) is 14.1. The molecule has 2 nitrogen and oxygen atoms in total. The van der Waals surface area contributed by atoms with Crippen LogP contribution < -0.4 is 5.43 Å². The first-order chi connectivity index (χ1) is 10.5. The molecule has 0 aliphatic heterocycles. The van der Waals surface area contributed by atoms with Gasteiger partial charge in [0.25, 0.3) is 0 Å². The molecule has 0 aliphatic rings. The van der Waals surface area contributed by atoms with E-state index in [-0.39, 0.29) is 5.43 Å². The molecule has 3 heteroatoms. The first-order valence-corrected chi connectivity index (χ1v) is 7.87. The van der Waals surface area contributed by atoms with Gasteiger partial charge in [-0.1, -0.05) is 57.9 Å². The van der Waals surface area contributed by atoms with Crippen molar-refractivity contribution in [3.63, 3.8) is 0 Å². The van der Waals surface area contributed by atoms with E-state index in [0.29, 0.717) is 5.56 Å². The minimum atomic E-state index is 0.0611. The van der Waals surface area contributed by atoms with Gasteiger partial charge < -0.3 is 4.57 Å². The number of benzene rings is 2. The molecular weight excluding hydrogens is 338 g/mol. The third kappa shape index (κ3) is 2.90. The lowest BCUT2D eigenvalue weighted by Crippen LogP contribution is -2.11. The topological polar surface area (TPSA) is 22.0 Å². The largest absolute Gasteiger partial charge is 0.356 e. The summed E-state index contributed by atoms with van der Waals surface area (Å²) in [4.78, 5) is 12.9. The molecule has 1 heterocycles. The molecule has 0 saturated heterocycles. The van der Waals surface area contributed by atoms with Crippen molar-refractivity contribution in [1.82, 2.24) is 4.57 Å². The van der Waals surface area contributed by atoms with Crippen LogP contribution in [-0.4, -0.2) is 4.57 Å². The highest BCUT2D eigenvalue weighted by atomic mass is 79.9. The molecule has 0 amide bonds. The predicted octanol–water partition coefficient (Wildman–Crippen LogP) is 4.79. The molecule has 0 N–H and O–H groups in total. The summed E-state index contributed by atoms with van der Waals surface area (Å²) in [5.74, 6) is 0. The Kier molecular flexibility index (Phi) is 3.99. The smallest absolute Gasteiger partial charge is 0.197 e. The van der Waals surface area contributed by atoms with E-state index in [1.807, 2.05) is 79.5 Å². The summed E-state index contributed by atoms with van der Waals surface area (Å²) in [6, 6.07) is 15.9. The normalized spacial score (nSPS) is 10.7. The van der Waals surface area contributed by atoms with Gasteiger partial charge in [0.1, 0.15) is 0 Å². The van der Waals surface area contributed by atoms with E-state index in [4.69, 9.17) is 0 Å². The Labute approximate surface area is 138 Å². The van der Waals surface area contributed by atoms with E-state index in [2.05, 4.69) is 15.9 Å². The van der Waals surface area contributed by atoms with Crippen LogP contribution in [0.2, 0.25) is 0 Å². The molecule has 2 aromatic carbocycles. The molecule has 0 bridgehead atoms. The zero-order chi connectivity index (χ0) is 15.7. The highest BCUT2D eigenvalue weighted by molar-refractivity contribution is 9.10. The van der Waals surface area contributed by atoms with Crippen LogP contribution in [-0.2, 0) is 7.05 Å². The zero-order valence-electron chi connectivity index (χ0n) is 12.5. The van der Waals surface area contributed by atoms with Gasteiger partial charge in [0, 0.05) is 35.0 Å². The van der Waals surface area contributed by atoms with Crippen LogP contribution in [0.4, 0.5) is 0 Å². The van der Waals surface area contributed by atoms with Gasteiger partial charge in [0.05, 0.1) is 0 Å². The Morgan fingerprint density at radius 1 is 0.909 bits per heavy atom. The molecular formula is C19H16BrNO. The number of aryl methyl sites for hydroxylation is 2. The number of rotatable bonds is 2. The van der Waals surface area contributed by atoms with Crippen LogP contribution in [0.5, 0.6) is 0 Å². The SMILES string of the molecule is Cc1cccc(-c2cn(C)cc(-c3ccc(Br)cc3)c2=O)c1. The van der Waals surface area contributed by atoms with E-state index in [1.54, 1.807) is 0 Å². The third-order valence-corrected chi connectivity index (χ3v) is 4.17. The van der Waals surface area contributed by atoms with Gasteiger partial charge in [-0.05, 0) is 30.2 Å². The van der Waals surface area contributed by atoms with Crippen LogP contribution in [0.25, 0.3) is 22.3 Å². The molecule has 1 aromatic heterocycles. The van der Waals surface area contributed by atoms with Crippen LogP contribution >= 0.6 is 15.9 Å². The fourth-order valence-corrected chi connectivity index (χ4v) is 2.82. The highest BCUT2D eigenvalue weighted by Gasteiger charge is 2.10. The standard InChI is InChI=1S/C19H16BrNO/c1-13-4-3-5-15(10-13)18-12-21(2)11-17(19(18)22)14-6-8-16(20)9-7-14/h3-12H,1-2H3. The Bertz CT molecular complexity index is 879. The minimum absolute atomic E-state index is 0.0611. The predicted molar refractivity (Wildman–Crippen MR) is 95.0 cm³/mol. The number of pyridine rings is 1. The molecule has 0 fully saturated rings. The molecule has 0 saturated carbocycles. The van der Waals surface area contributed by atoms with E-state index in [0.717, 1.165) is 26.7 Å². The van der Waals surface area contributed by atoms with E-state index >= 15 is 0 Å². The first kappa shape index (κ1) is 14.8. The number of hydrogen-bond donors (Lipinski definition) is 0. The molecule has 0 spiro atoms. The molecule has 0 radical (unpaired) electrons. The Morgan fingerprint density at radius 3 is 2.18 bits per heavy atom. The molecule has 22 heavy (non-hydrogen) atoms. The highest BCUT2D eigenvalue weighted by Crippen LogP contribution is 2.23. The van der Waals surface area contributed by atoms with Gasteiger partial charge in [-0.25, -0.2) is 0 Å². The second-order valence-electron chi connectivity index (χ2n) is 5.46. The lowest BCUT2D eigenvalue weighted by molar-refractivity contribution is 0.904. The number of aromatic nitrogens is 1. The lowest BCUT2D eigenvalue weighted by Gasteiger charge is -2.09. The summed E-state index contributed by atoms with van der Waals surface area (Å²) in [5.41, 5.74) is 4.54.